The molecule has 0 spiro atoms. The maximum absolute atomic E-state index is 5.93. The topological polar surface area (TPSA) is 35.2 Å². The van der Waals surface area contributed by atoms with E-state index in [1.54, 1.807) is 0 Å². The molecule has 3 rings (SSSR count). The Morgan fingerprint density at radius 3 is 2.33 bits per heavy atom. The number of piperazine rings is 1. The molecule has 1 aromatic heterocycles. The molecule has 1 aliphatic rings. The lowest BCUT2D eigenvalue weighted by molar-refractivity contribution is 0.249. The summed E-state index contributed by atoms with van der Waals surface area (Å²) in [5.41, 5.74) is 4.86. The van der Waals surface area contributed by atoms with Crippen LogP contribution >= 0.6 is 11.6 Å². The Balaban J connectivity index is 1.59. The molecule has 4 nitrogen and oxygen atoms in total. The van der Waals surface area contributed by atoms with Crippen molar-refractivity contribution in [2.75, 3.05) is 31.1 Å². The summed E-state index contributed by atoms with van der Waals surface area (Å²) in [5, 5.41) is 8.17. The summed E-state index contributed by atoms with van der Waals surface area (Å²) < 4.78 is 0. The van der Waals surface area contributed by atoms with Gasteiger partial charge >= 0.3 is 0 Å². The molecule has 0 unspecified atom stereocenters. The summed E-state index contributed by atoms with van der Waals surface area (Å²) in [6, 6.07) is 8.15. The molecule has 0 aliphatic carbocycles. The van der Waals surface area contributed by atoms with E-state index in [0.717, 1.165) is 43.4 Å². The summed E-state index contributed by atoms with van der Waals surface area (Å²) in [5.74, 6) is 0. The van der Waals surface area contributed by atoms with Crippen molar-refractivity contribution in [1.82, 2.24) is 15.1 Å². The van der Waals surface area contributed by atoms with Crippen LogP contribution in [0.2, 0.25) is 5.02 Å². The average Bonchev–Trinajstić information content (AvgIpc) is 2.82. The van der Waals surface area contributed by atoms with Crippen LogP contribution in [0, 0.1) is 13.8 Å². The molecule has 1 N–H and O–H groups in total. The van der Waals surface area contributed by atoms with Gasteiger partial charge in [-0.2, -0.15) is 5.10 Å². The van der Waals surface area contributed by atoms with E-state index in [1.165, 1.54) is 16.9 Å². The third-order valence-corrected chi connectivity index (χ3v) is 4.35. The second kappa shape index (κ2) is 6.08. The minimum Gasteiger partial charge on any atom is -0.366 e. The highest BCUT2D eigenvalue weighted by Crippen LogP contribution is 2.23. The first kappa shape index (κ1) is 14.4. The van der Waals surface area contributed by atoms with Crippen LogP contribution in [0.25, 0.3) is 0 Å². The molecule has 1 fully saturated rings. The van der Waals surface area contributed by atoms with E-state index in [0.29, 0.717) is 0 Å². The van der Waals surface area contributed by atoms with E-state index in [1.807, 2.05) is 12.1 Å². The molecule has 5 heteroatoms. The Labute approximate surface area is 130 Å². The fourth-order valence-electron chi connectivity index (χ4n) is 2.99. The number of hydrogen-bond acceptors (Lipinski definition) is 3. The van der Waals surface area contributed by atoms with Crippen molar-refractivity contribution in [2.45, 2.75) is 20.4 Å². The van der Waals surface area contributed by atoms with Crippen LogP contribution in [0.1, 0.15) is 17.0 Å². The number of aromatic nitrogens is 2. The fourth-order valence-corrected chi connectivity index (χ4v) is 3.11. The average molecular weight is 305 g/mol. The lowest BCUT2D eigenvalue weighted by Gasteiger charge is -2.36. The molecule has 0 atom stereocenters. The monoisotopic (exact) mass is 304 g/mol. The highest BCUT2D eigenvalue weighted by Gasteiger charge is 2.21. The van der Waals surface area contributed by atoms with Gasteiger partial charge in [0.2, 0.25) is 0 Å². The zero-order valence-corrected chi connectivity index (χ0v) is 13.3. The van der Waals surface area contributed by atoms with E-state index in [2.05, 4.69) is 46.0 Å². The summed E-state index contributed by atoms with van der Waals surface area (Å²) in [6.07, 6.45) is 0. The van der Waals surface area contributed by atoms with Crippen LogP contribution in [0.5, 0.6) is 0 Å². The number of hydrogen-bond donors (Lipinski definition) is 1. The predicted octanol–water partition coefficient (Wildman–Crippen LogP) is 3.00. The van der Waals surface area contributed by atoms with E-state index in [4.69, 9.17) is 11.6 Å². The number of anilines is 1. The predicted molar refractivity (Wildman–Crippen MR) is 87.0 cm³/mol. The molecule has 2 heterocycles. The molecule has 21 heavy (non-hydrogen) atoms. The molecule has 0 radical (unpaired) electrons. The van der Waals surface area contributed by atoms with Gasteiger partial charge in [0.05, 0.1) is 17.1 Å². The first-order chi connectivity index (χ1) is 10.1. The van der Waals surface area contributed by atoms with Crippen LogP contribution in [0.3, 0.4) is 0 Å². The SMILES string of the molecule is Cc1n[nH]c(C)c1N1CCN(Cc2ccc(Cl)cc2)CC1. The summed E-state index contributed by atoms with van der Waals surface area (Å²) in [4.78, 5) is 4.93. The molecule has 1 aliphatic heterocycles. The number of nitrogens with one attached hydrogen (secondary N) is 1. The smallest absolute Gasteiger partial charge is 0.0827 e. The number of nitrogens with zero attached hydrogens (tertiary/aromatic N) is 3. The van der Waals surface area contributed by atoms with E-state index in [-0.39, 0.29) is 0 Å². The first-order valence-electron chi connectivity index (χ1n) is 7.37. The van der Waals surface area contributed by atoms with Crippen molar-refractivity contribution in [3.63, 3.8) is 0 Å². The Hall–Kier alpha value is -1.52. The third kappa shape index (κ3) is 3.22. The molecule has 0 bridgehead atoms. The quantitative estimate of drug-likeness (QED) is 0.947. The Bertz CT molecular complexity index is 578. The number of halogens is 1. The van der Waals surface area contributed by atoms with E-state index < -0.39 is 0 Å². The first-order valence-corrected chi connectivity index (χ1v) is 7.74. The zero-order valence-electron chi connectivity index (χ0n) is 12.6. The van der Waals surface area contributed by atoms with Crippen LogP contribution in [0.4, 0.5) is 5.69 Å². The fraction of sp³-hybridized carbons (Fsp3) is 0.438. The maximum atomic E-state index is 5.93. The van der Waals surface area contributed by atoms with Gasteiger partial charge in [-0.25, -0.2) is 0 Å². The minimum atomic E-state index is 0.800. The summed E-state index contributed by atoms with van der Waals surface area (Å²) in [7, 11) is 0. The van der Waals surface area contributed by atoms with Crippen molar-refractivity contribution >= 4 is 17.3 Å². The van der Waals surface area contributed by atoms with Crippen molar-refractivity contribution in [1.29, 1.82) is 0 Å². The number of H-pyrrole nitrogens is 1. The van der Waals surface area contributed by atoms with Crippen LogP contribution in [0.15, 0.2) is 24.3 Å². The Kier molecular flexibility index (Phi) is 4.17. The van der Waals surface area contributed by atoms with Gasteiger partial charge in [0, 0.05) is 37.7 Å². The van der Waals surface area contributed by atoms with Gasteiger partial charge in [-0.3, -0.25) is 10.00 Å². The van der Waals surface area contributed by atoms with Crippen LogP contribution < -0.4 is 4.90 Å². The maximum Gasteiger partial charge on any atom is 0.0827 e. The Morgan fingerprint density at radius 2 is 1.76 bits per heavy atom. The largest absolute Gasteiger partial charge is 0.366 e. The van der Waals surface area contributed by atoms with Gasteiger partial charge in [0.15, 0.2) is 0 Å². The number of aromatic amines is 1. The molecular formula is C16H21ClN4. The van der Waals surface area contributed by atoms with Crippen LogP contribution in [-0.4, -0.2) is 41.3 Å². The molecule has 112 valence electrons. The van der Waals surface area contributed by atoms with E-state index in [9.17, 15) is 0 Å². The normalized spacial score (nSPS) is 16.4. The molecule has 0 amide bonds. The lowest BCUT2D eigenvalue weighted by Crippen LogP contribution is -2.46. The van der Waals surface area contributed by atoms with E-state index >= 15 is 0 Å². The highest BCUT2D eigenvalue weighted by atomic mass is 35.5. The zero-order chi connectivity index (χ0) is 14.8. The molecule has 1 saturated heterocycles. The van der Waals surface area contributed by atoms with Crippen molar-refractivity contribution in [3.8, 4) is 0 Å². The van der Waals surface area contributed by atoms with Gasteiger partial charge in [0.25, 0.3) is 0 Å². The summed E-state index contributed by atoms with van der Waals surface area (Å²) >= 11 is 5.93. The molecule has 2 aromatic rings. The second-order valence-corrected chi connectivity index (χ2v) is 6.11. The number of aryl methyl sites for hydroxylation is 2. The van der Waals surface area contributed by atoms with Crippen LogP contribution in [-0.2, 0) is 6.54 Å². The number of rotatable bonds is 3. The summed E-state index contributed by atoms with van der Waals surface area (Å²) in [6.45, 7) is 9.41. The number of benzene rings is 1. The van der Waals surface area contributed by atoms with Crippen molar-refractivity contribution in [3.05, 3.63) is 46.2 Å². The highest BCUT2D eigenvalue weighted by molar-refractivity contribution is 6.30. The Morgan fingerprint density at radius 1 is 1.10 bits per heavy atom. The van der Waals surface area contributed by atoms with Crippen molar-refractivity contribution in [2.24, 2.45) is 0 Å². The lowest BCUT2D eigenvalue weighted by atomic mass is 10.2. The van der Waals surface area contributed by atoms with Gasteiger partial charge < -0.3 is 4.90 Å². The second-order valence-electron chi connectivity index (χ2n) is 5.67. The minimum absolute atomic E-state index is 0.800. The molecular weight excluding hydrogens is 284 g/mol. The molecule has 0 saturated carbocycles. The van der Waals surface area contributed by atoms with Gasteiger partial charge in [0.1, 0.15) is 0 Å². The standard InChI is InChI=1S/C16H21ClN4/c1-12-16(13(2)19-18-12)21-9-7-20(8-10-21)11-14-3-5-15(17)6-4-14/h3-6H,7-11H2,1-2H3,(H,18,19). The van der Waals surface area contributed by atoms with Gasteiger partial charge in [-0.1, -0.05) is 23.7 Å². The van der Waals surface area contributed by atoms with Gasteiger partial charge in [-0.15, -0.1) is 0 Å². The molecule has 1 aromatic carbocycles. The third-order valence-electron chi connectivity index (χ3n) is 4.10. The van der Waals surface area contributed by atoms with Gasteiger partial charge in [-0.05, 0) is 31.5 Å². The van der Waals surface area contributed by atoms with Crippen molar-refractivity contribution < 1.29 is 0 Å².